The van der Waals surface area contributed by atoms with E-state index in [1.54, 1.807) is 18.3 Å². The van der Waals surface area contributed by atoms with Crippen molar-refractivity contribution in [1.82, 2.24) is 4.57 Å². The third-order valence-electron chi connectivity index (χ3n) is 4.46. The van der Waals surface area contributed by atoms with E-state index in [9.17, 15) is 14.7 Å². The number of hydrogen-bond donors (Lipinski definition) is 2. The fraction of sp³-hybridized carbons (Fsp3) is 0.100. The number of aliphatic hydroxyl groups excluding tert-OH is 2. The largest absolute Gasteiger partial charge is 0.504 e. The Balaban J connectivity index is 2.14. The summed E-state index contributed by atoms with van der Waals surface area (Å²) in [6, 6.07) is 12.8. The smallest absolute Gasteiger partial charge is 0.258 e. The lowest BCUT2D eigenvalue weighted by Crippen LogP contribution is -2.24. The lowest BCUT2D eigenvalue weighted by atomic mass is 9.86. The first-order valence-electron chi connectivity index (χ1n) is 7.93. The Morgan fingerprint density at radius 3 is 2.48 bits per heavy atom. The van der Waals surface area contributed by atoms with Crippen LogP contribution >= 0.6 is 0 Å². The Bertz CT molecular complexity index is 1090. The molecule has 0 unspecified atom stereocenters. The number of benzene rings is 2. The Morgan fingerprint density at radius 2 is 1.76 bits per heavy atom. The van der Waals surface area contributed by atoms with Crippen molar-refractivity contribution < 1.29 is 15.0 Å². The van der Waals surface area contributed by atoms with Crippen LogP contribution in [0.1, 0.15) is 15.9 Å². The molecule has 0 aliphatic heterocycles. The van der Waals surface area contributed by atoms with E-state index >= 15 is 0 Å². The molecule has 0 bridgehead atoms. The summed E-state index contributed by atoms with van der Waals surface area (Å²) in [5.74, 6) is -0.845. The molecule has 0 amide bonds. The summed E-state index contributed by atoms with van der Waals surface area (Å²) in [5.41, 5.74) is 2.18. The van der Waals surface area contributed by atoms with Crippen molar-refractivity contribution in [2.75, 3.05) is 6.61 Å². The lowest BCUT2D eigenvalue weighted by molar-refractivity contribution is 0.0981. The number of pyridine rings is 1. The maximum atomic E-state index is 12.7. The zero-order valence-electron chi connectivity index (χ0n) is 13.3. The SMILES string of the molecule is O=C1C(O)=Cc2cn(CCO)c(=O)c3ccc(-c4ccccc4)c1c23. The predicted octanol–water partition coefficient (Wildman–Crippen LogP) is 2.76. The standard InChI is InChI=1S/C20H15NO4/c22-9-8-21-11-13-10-16(23)19(24)18-14(12-4-2-1-3-5-12)6-7-15(17(13)18)20(21)25/h1-7,10-11,22-23H,8-9H2. The second-order valence-electron chi connectivity index (χ2n) is 5.94. The first-order chi connectivity index (χ1) is 12.1. The summed E-state index contributed by atoms with van der Waals surface area (Å²) in [7, 11) is 0. The third kappa shape index (κ3) is 2.28. The minimum Gasteiger partial charge on any atom is -0.504 e. The van der Waals surface area contributed by atoms with Gasteiger partial charge in [-0.15, -0.1) is 0 Å². The van der Waals surface area contributed by atoms with E-state index < -0.39 is 5.78 Å². The molecule has 5 nitrogen and oxygen atoms in total. The molecule has 1 aromatic heterocycles. The predicted molar refractivity (Wildman–Crippen MR) is 95.7 cm³/mol. The van der Waals surface area contributed by atoms with E-state index in [0.29, 0.717) is 27.5 Å². The van der Waals surface area contributed by atoms with Gasteiger partial charge in [0.25, 0.3) is 5.56 Å². The van der Waals surface area contributed by atoms with Gasteiger partial charge in [-0.3, -0.25) is 9.59 Å². The number of nitrogens with zero attached hydrogens (tertiary/aromatic N) is 1. The molecule has 2 aromatic carbocycles. The van der Waals surface area contributed by atoms with Gasteiger partial charge >= 0.3 is 0 Å². The number of ketones is 1. The van der Waals surface area contributed by atoms with Gasteiger partial charge in [-0.25, -0.2) is 0 Å². The van der Waals surface area contributed by atoms with Gasteiger partial charge in [0, 0.05) is 34.6 Å². The first-order valence-corrected chi connectivity index (χ1v) is 7.93. The van der Waals surface area contributed by atoms with E-state index in [-0.39, 0.29) is 24.5 Å². The van der Waals surface area contributed by atoms with E-state index in [1.165, 1.54) is 10.6 Å². The van der Waals surface area contributed by atoms with Crippen molar-refractivity contribution in [1.29, 1.82) is 0 Å². The second-order valence-corrected chi connectivity index (χ2v) is 5.94. The second kappa shape index (κ2) is 5.72. The quantitative estimate of drug-likeness (QED) is 0.772. The molecule has 1 aliphatic carbocycles. The number of carbonyl (C=O) groups is 1. The molecule has 0 atom stereocenters. The summed E-state index contributed by atoms with van der Waals surface area (Å²) in [4.78, 5) is 25.3. The molecule has 0 radical (unpaired) electrons. The van der Waals surface area contributed by atoms with Crippen molar-refractivity contribution in [2.45, 2.75) is 6.54 Å². The molecular weight excluding hydrogens is 318 g/mol. The number of rotatable bonds is 3. The molecule has 0 spiro atoms. The van der Waals surface area contributed by atoms with Crippen molar-refractivity contribution in [3.8, 4) is 11.1 Å². The fourth-order valence-corrected chi connectivity index (χ4v) is 3.34. The van der Waals surface area contributed by atoms with Crippen LogP contribution in [0.4, 0.5) is 0 Å². The van der Waals surface area contributed by atoms with E-state index in [2.05, 4.69) is 0 Å². The van der Waals surface area contributed by atoms with Gasteiger partial charge in [-0.05, 0) is 23.3 Å². The van der Waals surface area contributed by atoms with Crippen molar-refractivity contribution in [3.63, 3.8) is 0 Å². The zero-order valence-corrected chi connectivity index (χ0v) is 13.3. The molecule has 5 heteroatoms. The molecule has 2 N–H and O–H groups in total. The lowest BCUT2D eigenvalue weighted by Gasteiger charge is -2.19. The van der Waals surface area contributed by atoms with Crippen LogP contribution in [0, 0.1) is 0 Å². The molecular formula is C20H15NO4. The van der Waals surface area contributed by atoms with Crippen LogP contribution in [0.5, 0.6) is 0 Å². The van der Waals surface area contributed by atoms with Crippen LogP contribution in [0.25, 0.3) is 28.0 Å². The molecule has 0 saturated heterocycles. The zero-order chi connectivity index (χ0) is 17.6. The normalized spacial score (nSPS) is 13.2. The van der Waals surface area contributed by atoms with Crippen LogP contribution in [-0.2, 0) is 6.54 Å². The minimum absolute atomic E-state index is 0.153. The van der Waals surface area contributed by atoms with Gasteiger partial charge < -0.3 is 14.8 Å². The molecule has 124 valence electrons. The van der Waals surface area contributed by atoms with Crippen molar-refractivity contribution in [3.05, 3.63) is 75.9 Å². The molecule has 1 aliphatic rings. The number of aromatic nitrogens is 1. The number of Topliss-reactive ketones (excluding diaryl/α,β-unsaturated/α-hetero) is 1. The highest BCUT2D eigenvalue weighted by Crippen LogP contribution is 2.36. The Hall–Kier alpha value is -3.18. The first kappa shape index (κ1) is 15.4. The fourth-order valence-electron chi connectivity index (χ4n) is 3.34. The molecule has 0 fully saturated rings. The van der Waals surface area contributed by atoms with E-state index in [4.69, 9.17) is 5.11 Å². The van der Waals surface area contributed by atoms with Crippen LogP contribution in [-0.4, -0.2) is 27.2 Å². The van der Waals surface area contributed by atoms with Crippen molar-refractivity contribution in [2.24, 2.45) is 0 Å². The van der Waals surface area contributed by atoms with E-state index in [0.717, 1.165) is 5.56 Å². The van der Waals surface area contributed by atoms with Gasteiger partial charge in [-0.1, -0.05) is 36.4 Å². The average molecular weight is 333 g/mol. The topological polar surface area (TPSA) is 79.5 Å². The van der Waals surface area contributed by atoms with Crippen molar-refractivity contribution >= 4 is 22.6 Å². The molecule has 25 heavy (non-hydrogen) atoms. The minimum atomic E-state index is -0.490. The molecule has 0 saturated carbocycles. The molecule has 4 rings (SSSR count). The Kier molecular flexibility index (Phi) is 3.51. The van der Waals surface area contributed by atoms with Crippen LogP contribution in [0.2, 0.25) is 0 Å². The summed E-state index contributed by atoms with van der Waals surface area (Å²) < 4.78 is 1.39. The van der Waals surface area contributed by atoms with Gasteiger partial charge in [-0.2, -0.15) is 0 Å². The maximum Gasteiger partial charge on any atom is 0.258 e. The number of carbonyl (C=O) groups excluding carboxylic acids is 1. The van der Waals surface area contributed by atoms with Crippen LogP contribution in [0.3, 0.4) is 0 Å². The summed E-state index contributed by atoms with van der Waals surface area (Å²) in [5, 5.41) is 20.2. The van der Waals surface area contributed by atoms with Crippen LogP contribution < -0.4 is 5.56 Å². The average Bonchev–Trinajstić information content (AvgIpc) is 2.63. The Morgan fingerprint density at radius 1 is 1.00 bits per heavy atom. The van der Waals surface area contributed by atoms with Gasteiger partial charge in [0.15, 0.2) is 5.76 Å². The summed E-state index contributed by atoms with van der Waals surface area (Å²) >= 11 is 0. The van der Waals surface area contributed by atoms with Gasteiger partial charge in [0.2, 0.25) is 5.78 Å². The molecule has 3 aromatic rings. The van der Waals surface area contributed by atoms with E-state index in [1.807, 2.05) is 30.3 Å². The number of aliphatic hydroxyl groups is 2. The molecule has 1 heterocycles. The maximum absolute atomic E-state index is 12.7. The Labute approximate surface area is 143 Å². The summed E-state index contributed by atoms with van der Waals surface area (Å²) in [6.07, 6.45) is 2.95. The highest BCUT2D eigenvalue weighted by atomic mass is 16.3. The number of allylic oxidation sites excluding steroid dienone is 1. The monoisotopic (exact) mass is 333 g/mol. The highest BCUT2D eigenvalue weighted by Gasteiger charge is 2.26. The van der Waals surface area contributed by atoms with Crippen LogP contribution in [0.15, 0.2) is 59.2 Å². The summed E-state index contributed by atoms with van der Waals surface area (Å²) in [6.45, 7) is -0.0193. The van der Waals surface area contributed by atoms with Gasteiger partial charge in [0.05, 0.1) is 6.61 Å². The number of hydrogen-bond acceptors (Lipinski definition) is 4. The van der Waals surface area contributed by atoms with Gasteiger partial charge in [0.1, 0.15) is 0 Å². The highest BCUT2D eigenvalue weighted by molar-refractivity contribution is 6.24. The third-order valence-corrected chi connectivity index (χ3v) is 4.46.